The van der Waals surface area contributed by atoms with Crippen LogP contribution in [0.2, 0.25) is 0 Å². The summed E-state index contributed by atoms with van der Waals surface area (Å²) in [5.74, 6) is 0.745. The minimum absolute atomic E-state index is 0.202. The summed E-state index contributed by atoms with van der Waals surface area (Å²) in [6.45, 7) is 4.19. The van der Waals surface area contributed by atoms with Gasteiger partial charge >= 0.3 is 0 Å². The Morgan fingerprint density at radius 1 is 1.06 bits per heavy atom. The zero-order valence-electron chi connectivity index (χ0n) is 11.1. The van der Waals surface area contributed by atoms with Gasteiger partial charge in [0.05, 0.1) is 6.10 Å². The number of benzene rings is 1. The van der Waals surface area contributed by atoms with Gasteiger partial charge in [-0.25, -0.2) is 0 Å². The molecule has 0 unspecified atom stereocenters. The maximum atomic E-state index is 11.2. The third-order valence-corrected chi connectivity index (χ3v) is 5.47. The maximum Gasteiger partial charge on any atom is 0.119 e. The molecule has 2 fully saturated rings. The van der Waals surface area contributed by atoms with Gasteiger partial charge < -0.3 is 10.2 Å². The molecule has 2 N–H and O–H groups in total. The summed E-state index contributed by atoms with van der Waals surface area (Å²) in [6, 6.07) is 9.71. The van der Waals surface area contributed by atoms with Crippen molar-refractivity contribution < 1.29 is 10.2 Å². The first-order valence-corrected chi connectivity index (χ1v) is 6.93. The molecule has 2 aliphatic carbocycles. The molecule has 2 nitrogen and oxygen atoms in total. The minimum atomic E-state index is -1.07. The molecule has 0 amide bonds. The van der Waals surface area contributed by atoms with E-state index >= 15 is 0 Å². The van der Waals surface area contributed by atoms with Crippen molar-refractivity contribution in [2.24, 2.45) is 17.3 Å². The molecule has 18 heavy (non-hydrogen) atoms. The quantitative estimate of drug-likeness (QED) is 0.800. The van der Waals surface area contributed by atoms with Crippen molar-refractivity contribution >= 4 is 0 Å². The van der Waals surface area contributed by atoms with E-state index in [1.807, 2.05) is 30.3 Å². The Morgan fingerprint density at radius 2 is 1.67 bits per heavy atom. The molecule has 2 aliphatic rings. The summed E-state index contributed by atoms with van der Waals surface area (Å²) < 4.78 is 0. The Hall–Kier alpha value is -0.860. The van der Waals surface area contributed by atoms with Crippen LogP contribution in [0.15, 0.2) is 30.3 Å². The monoisotopic (exact) mass is 246 g/mol. The van der Waals surface area contributed by atoms with Gasteiger partial charge in [-0.3, -0.25) is 0 Å². The Bertz CT molecular complexity index is 440. The van der Waals surface area contributed by atoms with E-state index in [0.717, 1.165) is 24.8 Å². The summed E-state index contributed by atoms with van der Waals surface area (Å²) in [7, 11) is 0. The van der Waals surface area contributed by atoms with E-state index in [2.05, 4.69) is 13.8 Å². The molecule has 2 bridgehead atoms. The van der Waals surface area contributed by atoms with Gasteiger partial charge in [-0.2, -0.15) is 0 Å². The van der Waals surface area contributed by atoms with Gasteiger partial charge in [-0.1, -0.05) is 44.2 Å². The standard InChI is InChI=1S/C16H22O2/c1-15(2)12-8-9-13(10-12)16(18,14(15)17)11-6-4-3-5-7-11/h3-7,12-14,17-18H,8-10H2,1-2H3/t12-,13+,14+,16-/m1/s1. The van der Waals surface area contributed by atoms with Gasteiger partial charge in [0, 0.05) is 0 Å². The summed E-state index contributed by atoms with van der Waals surface area (Å²) in [6.07, 6.45) is 2.51. The van der Waals surface area contributed by atoms with Crippen LogP contribution < -0.4 is 0 Å². The lowest BCUT2D eigenvalue weighted by molar-refractivity contribution is -0.192. The van der Waals surface area contributed by atoms with E-state index < -0.39 is 11.7 Å². The summed E-state index contributed by atoms with van der Waals surface area (Å²) >= 11 is 0. The van der Waals surface area contributed by atoms with Gasteiger partial charge in [0.15, 0.2) is 0 Å². The third-order valence-electron chi connectivity index (χ3n) is 5.47. The van der Waals surface area contributed by atoms with Gasteiger partial charge in [-0.05, 0) is 42.1 Å². The normalized spacial score (nSPS) is 41.9. The number of hydrogen-bond acceptors (Lipinski definition) is 2. The fraction of sp³-hybridized carbons (Fsp3) is 0.625. The Balaban J connectivity index is 2.10. The van der Waals surface area contributed by atoms with Gasteiger partial charge in [0.2, 0.25) is 0 Å². The van der Waals surface area contributed by atoms with Crippen LogP contribution in [0.4, 0.5) is 0 Å². The first-order chi connectivity index (χ1) is 8.47. The van der Waals surface area contributed by atoms with Crippen molar-refractivity contribution in [1.82, 2.24) is 0 Å². The van der Waals surface area contributed by atoms with Crippen LogP contribution in [0, 0.1) is 17.3 Å². The Labute approximate surface area is 109 Å². The highest BCUT2D eigenvalue weighted by Gasteiger charge is 2.60. The lowest BCUT2D eigenvalue weighted by Crippen LogP contribution is -2.56. The summed E-state index contributed by atoms with van der Waals surface area (Å²) in [5, 5.41) is 21.9. The van der Waals surface area contributed by atoms with E-state index in [-0.39, 0.29) is 11.3 Å². The van der Waals surface area contributed by atoms with E-state index in [1.165, 1.54) is 0 Å². The smallest absolute Gasteiger partial charge is 0.119 e. The highest BCUT2D eigenvalue weighted by atomic mass is 16.3. The zero-order chi connectivity index (χ0) is 13.0. The first-order valence-electron chi connectivity index (χ1n) is 6.93. The van der Waals surface area contributed by atoms with E-state index in [0.29, 0.717) is 5.92 Å². The van der Waals surface area contributed by atoms with Crippen LogP contribution in [-0.4, -0.2) is 16.3 Å². The van der Waals surface area contributed by atoms with Crippen molar-refractivity contribution in [2.75, 3.05) is 0 Å². The van der Waals surface area contributed by atoms with Crippen LogP contribution in [0.25, 0.3) is 0 Å². The molecule has 2 saturated carbocycles. The molecule has 4 atom stereocenters. The van der Waals surface area contributed by atoms with E-state index in [4.69, 9.17) is 0 Å². The Morgan fingerprint density at radius 3 is 2.33 bits per heavy atom. The second-order valence-corrected chi connectivity index (χ2v) is 6.62. The Kier molecular flexibility index (Phi) is 2.58. The average molecular weight is 246 g/mol. The lowest BCUT2D eigenvalue weighted by atomic mass is 9.59. The fourth-order valence-electron chi connectivity index (χ4n) is 4.17. The SMILES string of the molecule is CC1(C)[C@@H]2CC[C@@H](C2)[C@](O)(c2ccccc2)[C@H]1O. The molecular weight excluding hydrogens is 224 g/mol. The van der Waals surface area contributed by atoms with E-state index in [1.54, 1.807) is 0 Å². The second kappa shape index (κ2) is 3.82. The lowest BCUT2D eigenvalue weighted by Gasteiger charge is -2.51. The van der Waals surface area contributed by atoms with Crippen LogP contribution >= 0.6 is 0 Å². The van der Waals surface area contributed by atoms with Crippen molar-refractivity contribution in [1.29, 1.82) is 0 Å². The van der Waals surface area contributed by atoms with Crippen LogP contribution in [0.1, 0.15) is 38.7 Å². The molecule has 1 aromatic carbocycles. The van der Waals surface area contributed by atoms with Gasteiger partial charge in [0.1, 0.15) is 5.60 Å². The molecule has 3 rings (SSSR count). The van der Waals surface area contributed by atoms with Crippen LogP contribution in [-0.2, 0) is 5.60 Å². The van der Waals surface area contributed by atoms with Crippen LogP contribution in [0.5, 0.6) is 0 Å². The van der Waals surface area contributed by atoms with Crippen molar-refractivity contribution in [2.45, 2.75) is 44.8 Å². The third kappa shape index (κ3) is 1.42. The molecule has 0 radical (unpaired) electrons. The second-order valence-electron chi connectivity index (χ2n) is 6.62. The predicted octanol–water partition coefficient (Wildman–Crippen LogP) is 2.69. The summed E-state index contributed by atoms with van der Waals surface area (Å²) in [5.41, 5.74) is -0.411. The summed E-state index contributed by atoms with van der Waals surface area (Å²) in [4.78, 5) is 0. The molecule has 0 heterocycles. The minimum Gasteiger partial charge on any atom is -0.389 e. The topological polar surface area (TPSA) is 40.5 Å². The molecule has 0 saturated heterocycles. The molecule has 1 aromatic rings. The number of aliphatic hydroxyl groups is 2. The van der Waals surface area contributed by atoms with Crippen LogP contribution in [0.3, 0.4) is 0 Å². The number of aliphatic hydroxyl groups excluding tert-OH is 1. The molecule has 0 aliphatic heterocycles. The highest BCUT2D eigenvalue weighted by Crippen LogP contribution is 2.59. The fourth-order valence-corrected chi connectivity index (χ4v) is 4.17. The molecular formula is C16H22O2. The first kappa shape index (κ1) is 12.2. The molecule has 98 valence electrons. The van der Waals surface area contributed by atoms with Crippen molar-refractivity contribution in [3.8, 4) is 0 Å². The van der Waals surface area contributed by atoms with Crippen molar-refractivity contribution in [3.63, 3.8) is 0 Å². The maximum absolute atomic E-state index is 11.2. The number of hydrogen-bond donors (Lipinski definition) is 2. The molecule has 0 aromatic heterocycles. The largest absolute Gasteiger partial charge is 0.389 e. The average Bonchev–Trinajstić information content (AvgIpc) is 2.85. The van der Waals surface area contributed by atoms with Gasteiger partial charge in [0.25, 0.3) is 0 Å². The van der Waals surface area contributed by atoms with Crippen molar-refractivity contribution in [3.05, 3.63) is 35.9 Å². The molecule has 2 heteroatoms. The van der Waals surface area contributed by atoms with E-state index in [9.17, 15) is 10.2 Å². The predicted molar refractivity (Wildman–Crippen MR) is 71.0 cm³/mol. The molecule has 0 spiro atoms. The number of rotatable bonds is 1. The van der Waals surface area contributed by atoms with Gasteiger partial charge in [-0.15, -0.1) is 0 Å². The zero-order valence-corrected chi connectivity index (χ0v) is 11.1. The number of fused-ring (bicyclic) bond motifs is 2. The highest BCUT2D eigenvalue weighted by molar-refractivity contribution is 5.28.